The number of hydrogen-bond donors (Lipinski definition) is 1. The topological polar surface area (TPSA) is 117 Å². The number of amides is 1. The quantitative estimate of drug-likeness (QED) is 0.0364. The van der Waals surface area contributed by atoms with Crippen LogP contribution in [0.25, 0.3) is 0 Å². The van der Waals surface area contributed by atoms with Crippen LogP contribution in [-0.2, 0) is 33.3 Å². The Labute approximate surface area is 437 Å². The highest BCUT2D eigenvalue weighted by Gasteiger charge is 2.64. The molecule has 1 N–H and O–H groups in total. The summed E-state index contributed by atoms with van der Waals surface area (Å²) in [7, 11) is 0. The zero-order chi connectivity index (χ0) is 51.7. The summed E-state index contributed by atoms with van der Waals surface area (Å²) in [6.45, 7) is 15.1. The highest BCUT2D eigenvalue weighted by atomic mass is 16.6. The number of ether oxygens (including phenoxy) is 4. The van der Waals surface area contributed by atoms with Gasteiger partial charge in [-0.2, -0.15) is 0 Å². The van der Waals surface area contributed by atoms with Crippen molar-refractivity contribution in [2.24, 2.45) is 34.0 Å². The molecule has 1 amide bonds. The van der Waals surface area contributed by atoms with E-state index in [2.05, 4.69) is 33.0 Å². The lowest BCUT2D eigenvalue weighted by Gasteiger charge is -2.66. The molecule has 0 aromatic heterocycles. The van der Waals surface area contributed by atoms with Gasteiger partial charge in [0.2, 0.25) is 0 Å². The Morgan fingerprint density at radius 1 is 0.437 bits per heavy atom. The van der Waals surface area contributed by atoms with Gasteiger partial charge in [0.05, 0.1) is 19.8 Å². The summed E-state index contributed by atoms with van der Waals surface area (Å²) in [5.74, 6) is 0.450. The van der Waals surface area contributed by atoms with Crippen LogP contribution >= 0.6 is 0 Å². The number of unbranched alkanes of at least 4 members (excludes halogenated alkanes) is 24. The monoisotopic (exact) mass is 1000 g/mol. The molecule has 414 valence electrons. The molecule has 4 bridgehead atoms. The third-order valence-electron chi connectivity index (χ3n) is 16.6. The molecule has 4 fully saturated rings. The van der Waals surface area contributed by atoms with Gasteiger partial charge in [-0.25, -0.2) is 4.79 Å². The molecular weight excluding hydrogens is 887 g/mol. The smallest absolute Gasteiger partial charge is 0.408 e. The standard InChI is InChI=1S/C62H113NO8/c1-8-12-16-20-24-28-32-36-52(37-33-29-25-21-17-13-9-2)40-55(64)68-49-60-42-54-43-61(46-60,48-62(44-54,47-60)51-70-57(66)45-63-58(67)71-59(5,6)7)50-69-56(65)41-53(38-34-30-26-22-18-14-10-3)39-35-31-27-23-19-15-11-4/h52-54H,8-51H2,1-7H3,(H,63,67). The van der Waals surface area contributed by atoms with Crippen molar-refractivity contribution in [1.29, 1.82) is 0 Å². The number of nitrogens with one attached hydrogen (secondary N) is 1. The summed E-state index contributed by atoms with van der Waals surface area (Å²) in [4.78, 5) is 53.5. The first-order valence-electron chi connectivity index (χ1n) is 30.6. The molecule has 0 aromatic carbocycles. The second-order valence-corrected chi connectivity index (χ2v) is 25.1. The fourth-order valence-corrected chi connectivity index (χ4v) is 13.6. The molecule has 4 rings (SSSR count). The predicted octanol–water partition coefficient (Wildman–Crippen LogP) is 17.7. The zero-order valence-electron chi connectivity index (χ0n) is 47.6. The Bertz CT molecular complexity index is 1330. The van der Waals surface area contributed by atoms with Gasteiger partial charge < -0.3 is 24.3 Å². The minimum absolute atomic E-state index is 0.0706. The summed E-state index contributed by atoms with van der Waals surface area (Å²) >= 11 is 0. The second kappa shape index (κ2) is 35.8. The fraction of sp³-hybridized carbons (Fsp3) is 0.935. The first-order valence-corrected chi connectivity index (χ1v) is 30.6. The Balaban J connectivity index is 1.71. The number of carbonyl (C=O) groups excluding carboxylic acids is 4. The van der Waals surface area contributed by atoms with Crippen molar-refractivity contribution in [2.45, 2.75) is 311 Å². The van der Waals surface area contributed by atoms with Crippen molar-refractivity contribution < 1.29 is 38.1 Å². The first-order chi connectivity index (χ1) is 34.2. The summed E-state index contributed by atoms with van der Waals surface area (Å²) in [5, 5.41) is 2.56. The molecular formula is C62H113NO8. The third-order valence-corrected chi connectivity index (χ3v) is 16.6. The van der Waals surface area contributed by atoms with Gasteiger partial charge in [0.15, 0.2) is 0 Å². The van der Waals surface area contributed by atoms with E-state index in [0.717, 1.165) is 64.2 Å². The van der Waals surface area contributed by atoms with Gasteiger partial charge in [0.1, 0.15) is 12.1 Å². The van der Waals surface area contributed by atoms with Crippen LogP contribution in [0.1, 0.15) is 305 Å². The maximum atomic E-state index is 14.0. The van der Waals surface area contributed by atoms with E-state index in [1.807, 2.05) is 0 Å². The van der Waals surface area contributed by atoms with Crippen molar-refractivity contribution in [3.05, 3.63) is 0 Å². The van der Waals surface area contributed by atoms with E-state index in [1.165, 1.54) is 180 Å². The van der Waals surface area contributed by atoms with Crippen LogP contribution in [-0.4, -0.2) is 56.0 Å². The lowest BCUT2D eigenvalue weighted by atomic mass is 9.40. The molecule has 0 heterocycles. The van der Waals surface area contributed by atoms with Gasteiger partial charge in [0.25, 0.3) is 0 Å². The van der Waals surface area contributed by atoms with Crippen molar-refractivity contribution in [3.8, 4) is 0 Å². The average molecular weight is 1000 g/mol. The van der Waals surface area contributed by atoms with E-state index in [-0.39, 0.29) is 41.3 Å². The van der Waals surface area contributed by atoms with Crippen LogP contribution in [0.2, 0.25) is 0 Å². The van der Waals surface area contributed by atoms with Gasteiger partial charge in [-0.05, 0) is 103 Å². The maximum Gasteiger partial charge on any atom is 0.408 e. The van der Waals surface area contributed by atoms with Crippen molar-refractivity contribution in [1.82, 2.24) is 5.32 Å². The number of alkyl carbamates (subject to hydrolysis) is 1. The molecule has 0 aromatic rings. The highest BCUT2D eigenvalue weighted by molar-refractivity contribution is 5.78. The van der Waals surface area contributed by atoms with Crippen molar-refractivity contribution in [3.63, 3.8) is 0 Å². The van der Waals surface area contributed by atoms with Crippen LogP contribution in [0.3, 0.4) is 0 Å². The van der Waals surface area contributed by atoms with Gasteiger partial charge >= 0.3 is 24.0 Å². The molecule has 0 spiro atoms. The molecule has 0 saturated heterocycles. The van der Waals surface area contributed by atoms with Gasteiger partial charge in [-0.3, -0.25) is 14.4 Å². The predicted molar refractivity (Wildman–Crippen MR) is 292 cm³/mol. The largest absolute Gasteiger partial charge is 0.465 e. The molecule has 4 saturated carbocycles. The second-order valence-electron chi connectivity index (χ2n) is 25.1. The Morgan fingerprint density at radius 2 is 0.718 bits per heavy atom. The minimum Gasteiger partial charge on any atom is -0.465 e. The minimum atomic E-state index is -0.674. The first kappa shape index (κ1) is 63.0. The Kier molecular flexibility index (Phi) is 31.8. The third kappa shape index (κ3) is 27.7. The molecule has 0 radical (unpaired) electrons. The van der Waals surface area contributed by atoms with Crippen LogP contribution in [0.4, 0.5) is 4.79 Å². The molecule has 9 nitrogen and oxygen atoms in total. The maximum absolute atomic E-state index is 14.0. The molecule has 0 aliphatic heterocycles. The van der Waals surface area contributed by atoms with Crippen LogP contribution in [0, 0.1) is 34.0 Å². The van der Waals surface area contributed by atoms with Gasteiger partial charge in [-0.1, -0.05) is 207 Å². The van der Waals surface area contributed by atoms with E-state index in [4.69, 9.17) is 18.9 Å². The number of carbonyl (C=O) groups is 4. The lowest BCUT2D eigenvalue weighted by molar-refractivity contribution is -0.212. The van der Waals surface area contributed by atoms with Crippen molar-refractivity contribution >= 4 is 24.0 Å². The zero-order valence-corrected chi connectivity index (χ0v) is 47.6. The summed E-state index contributed by atoms with van der Waals surface area (Å²) in [6, 6.07) is 0. The molecule has 4 aliphatic carbocycles. The van der Waals surface area contributed by atoms with E-state index in [9.17, 15) is 19.2 Å². The SMILES string of the molecule is CCCCCCCCCC(CCCCCCCCC)CC(=O)OCC12CC3CC(COC(=O)CNC(=O)OC(C)(C)C)(C1)CC(COC(=O)CC(CCCCCCCCC)CCCCCCCCC)(C3)C2. The van der Waals surface area contributed by atoms with Crippen molar-refractivity contribution in [2.75, 3.05) is 26.4 Å². The summed E-state index contributed by atoms with van der Waals surface area (Å²) in [6.07, 6.45) is 45.8. The lowest BCUT2D eigenvalue weighted by Crippen LogP contribution is -2.61. The Morgan fingerprint density at radius 3 is 1.01 bits per heavy atom. The van der Waals surface area contributed by atoms with Gasteiger partial charge in [-0.15, -0.1) is 0 Å². The van der Waals surface area contributed by atoms with Crippen LogP contribution in [0.5, 0.6) is 0 Å². The molecule has 2 unspecified atom stereocenters. The van der Waals surface area contributed by atoms with E-state index >= 15 is 0 Å². The number of esters is 3. The van der Waals surface area contributed by atoms with Crippen LogP contribution < -0.4 is 5.32 Å². The Hall–Kier alpha value is -2.32. The molecule has 71 heavy (non-hydrogen) atoms. The van der Waals surface area contributed by atoms with E-state index in [0.29, 0.717) is 43.8 Å². The van der Waals surface area contributed by atoms with Crippen LogP contribution in [0.15, 0.2) is 0 Å². The van der Waals surface area contributed by atoms with E-state index < -0.39 is 17.7 Å². The number of hydrogen-bond acceptors (Lipinski definition) is 8. The molecule has 9 heteroatoms. The average Bonchev–Trinajstić information content (AvgIpc) is 3.31. The molecule has 2 atom stereocenters. The number of rotatable bonds is 44. The highest BCUT2D eigenvalue weighted by Crippen LogP contribution is 2.70. The fourth-order valence-electron chi connectivity index (χ4n) is 13.6. The normalized spacial score (nSPS) is 21.5. The summed E-state index contributed by atoms with van der Waals surface area (Å²) in [5.41, 5.74) is -1.50. The molecule has 4 aliphatic rings. The van der Waals surface area contributed by atoms with E-state index in [1.54, 1.807) is 20.8 Å². The van der Waals surface area contributed by atoms with Gasteiger partial charge in [0, 0.05) is 29.1 Å². The summed E-state index contributed by atoms with van der Waals surface area (Å²) < 4.78 is 24.2.